The van der Waals surface area contributed by atoms with E-state index in [1.807, 2.05) is 0 Å². The molecule has 4 heteroatoms. The molecule has 0 saturated heterocycles. The lowest BCUT2D eigenvalue weighted by molar-refractivity contribution is -0.385. The van der Waals surface area contributed by atoms with Gasteiger partial charge in [0.15, 0.2) is 0 Å². The van der Waals surface area contributed by atoms with Crippen LogP contribution in [0.25, 0.3) is 0 Å². The van der Waals surface area contributed by atoms with Crippen molar-refractivity contribution in [3.8, 4) is 0 Å². The third-order valence-electron chi connectivity index (χ3n) is 10.6. The third-order valence-corrected chi connectivity index (χ3v) is 10.6. The van der Waals surface area contributed by atoms with E-state index in [0.717, 1.165) is 18.3 Å². The average Bonchev–Trinajstić information content (AvgIpc) is 3.13. The van der Waals surface area contributed by atoms with Gasteiger partial charge in [0.1, 0.15) is 6.10 Å². The van der Waals surface area contributed by atoms with Crippen LogP contribution in [-0.2, 0) is 19.3 Å². The van der Waals surface area contributed by atoms with Crippen LogP contribution in [0.3, 0.4) is 0 Å². The maximum Gasteiger partial charge on any atom is 0.305 e. The highest BCUT2D eigenvalue weighted by atomic mass is 17.2. The van der Waals surface area contributed by atoms with Gasteiger partial charge in [-0.3, -0.25) is 4.79 Å². The summed E-state index contributed by atoms with van der Waals surface area (Å²) in [5.41, 5.74) is 1.70. The molecule has 0 aromatic rings. The second kappa shape index (κ2) is 9.54. The number of allylic oxidation sites excluding steroid dienone is 1. The Morgan fingerprint density at radius 3 is 2.56 bits per heavy atom. The summed E-state index contributed by atoms with van der Waals surface area (Å²) in [6.45, 7) is 16.0. The standard InChI is InChI=1S/C30H50O4/c1-19-15-16-29(6)21(17-19)10-11-22-24-13-12-23(20(2)9-14-27(31)32-8)30(24,7)26(18-25(22)29)33-34-28(3,4)5/h18-24,26H,9-17H2,1-8H3/t19-,20-,21-,22+,23-,24+,26?,29+,30-/m1/s1. The smallest absolute Gasteiger partial charge is 0.305 e. The minimum Gasteiger partial charge on any atom is -0.469 e. The van der Waals surface area contributed by atoms with Gasteiger partial charge in [0.05, 0.1) is 12.7 Å². The van der Waals surface area contributed by atoms with E-state index in [0.29, 0.717) is 35.5 Å². The van der Waals surface area contributed by atoms with Crippen molar-refractivity contribution in [2.75, 3.05) is 7.11 Å². The Morgan fingerprint density at radius 2 is 1.88 bits per heavy atom. The predicted molar refractivity (Wildman–Crippen MR) is 136 cm³/mol. The van der Waals surface area contributed by atoms with Crippen LogP contribution in [0.1, 0.15) is 106 Å². The zero-order valence-corrected chi connectivity index (χ0v) is 23.1. The topological polar surface area (TPSA) is 44.8 Å². The molecule has 194 valence electrons. The summed E-state index contributed by atoms with van der Waals surface area (Å²) in [6.07, 6.45) is 13.1. The van der Waals surface area contributed by atoms with Crippen molar-refractivity contribution in [2.24, 2.45) is 46.3 Å². The fraction of sp³-hybridized carbons (Fsp3) is 0.900. The Bertz CT molecular complexity index is 781. The van der Waals surface area contributed by atoms with E-state index >= 15 is 0 Å². The van der Waals surface area contributed by atoms with Crippen LogP contribution < -0.4 is 0 Å². The number of carbonyl (C=O) groups excluding carboxylic acids is 1. The van der Waals surface area contributed by atoms with Gasteiger partial charge < -0.3 is 4.74 Å². The summed E-state index contributed by atoms with van der Waals surface area (Å²) >= 11 is 0. The highest BCUT2D eigenvalue weighted by Crippen LogP contribution is 2.67. The zero-order valence-electron chi connectivity index (χ0n) is 23.1. The van der Waals surface area contributed by atoms with Crippen molar-refractivity contribution in [1.82, 2.24) is 0 Å². The highest BCUT2D eigenvalue weighted by Gasteiger charge is 2.61. The molecule has 4 rings (SSSR count). The van der Waals surface area contributed by atoms with Gasteiger partial charge in [-0.1, -0.05) is 39.3 Å². The number of rotatable bonds is 6. The SMILES string of the molecule is COC(=O)CC[C@@H](C)[C@H]1CC[C@H]2[C@@H]3CC[C@@H]4C[C@H](C)CC[C@]4(C)C3=CC(OOC(C)(C)C)[C@]12C. The first kappa shape index (κ1) is 26.2. The van der Waals surface area contributed by atoms with Crippen LogP contribution in [0.2, 0.25) is 0 Å². The molecule has 4 aliphatic carbocycles. The number of hydrogen-bond acceptors (Lipinski definition) is 4. The number of methoxy groups -OCH3 is 1. The minimum atomic E-state index is -0.342. The molecular weight excluding hydrogens is 424 g/mol. The first-order chi connectivity index (χ1) is 15.9. The molecule has 3 fully saturated rings. The minimum absolute atomic E-state index is 0.0279. The van der Waals surface area contributed by atoms with Crippen LogP contribution in [0, 0.1) is 46.3 Å². The normalized spacial score (nSPS) is 42.8. The average molecular weight is 475 g/mol. The largest absolute Gasteiger partial charge is 0.469 e. The Labute approximate surface area is 208 Å². The van der Waals surface area contributed by atoms with Gasteiger partial charge in [-0.05, 0) is 113 Å². The van der Waals surface area contributed by atoms with E-state index in [1.54, 1.807) is 5.57 Å². The molecule has 0 aromatic carbocycles. The van der Waals surface area contributed by atoms with Gasteiger partial charge in [-0.15, -0.1) is 0 Å². The molecule has 0 amide bonds. The molecule has 9 atom stereocenters. The molecule has 0 heterocycles. The fourth-order valence-electron chi connectivity index (χ4n) is 8.65. The predicted octanol–water partition coefficient (Wildman–Crippen LogP) is 7.52. The monoisotopic (exact) mass is 474 g/mol. The molecule has 0 aromatic heterocycles. The lowest BCUT2D eigenvalue weighted by Gasteiger charge is -2.58. The van der Waals surface area contributed by atoms with Crippen LogP contribution in [0.15, 0.2) is 11.6 Å². The van der Waals surface area contributed by atoms with Crippen molar-refractivity contribution in [3.05, 3.63) is 11.6 Å². The molecule has 0 aliphatic heterocycles. The lowest BCUT2D eigenvalue weighted by atomic mass is 9.47. The number of carbonyl (C=O) groups is 1. The molecule has 0 bridgehead atoms. The van der Waals surface area contributed by atoms with Crippen molar-refractivity contribution in [1.29, 1.82) is 0 Å². The number of esters is 1. The van der Waals surface area contributed by atoms with E-state index in [2.05, 4.69) is 54.5 Å². The van der Waals surface area contributed by atoms with E-state index < -0.39 is 0 Å². The van der Waals surface area contributed by atoms with Gasteiger partial charge in [-0.25, -0.2) is 9.78 Å². The summed E-state index contributed by atoms with van der Waals surface area (Å²) in [7, 11) is 1.49. The van der Waals surface area contributed by atoms with Crippen LogP contribution >= 0.6 is 0 Å². The first-order valence-corrected chi connectivity index (χ1v) is 14.0. The summed E-state index contributed by atoms with van der Waals surface area (Å²) < 4.78 is 4.94. The van der Waals surface area contributed by atoms with Crippen molar-refractivity contribution in [3.63, 3.8) is 0 Å². The van der Waals surface area contributed by atoms with Crippen molar-refractivity contribution < 1.29 is 19.3 Å². The van der Waals surface area contributed by atoms with Crippen LogP contribution in [0.4, 0.5) is 0 Å². The lowest BCUT2D eigenvalue weighted by Crippen LogP contribution is -2.54. The van der Waals surface area contributed by atoms with Crippen molar-refractivity contribution >= 4 is 5.97 Å². The van der Waals surface area contributed by atoms with Gasteiger partial charge in [-0.2, -0.15) is 0 Å². The Balaban J connectivity index is 1.67. The molecule has 0 N–H and O–H groups in total. The molecule has 34 heavy (non-hydrogen) atoms. The zero-order chi connectivity index (χ0) is 24.9. The molecule has 1 unspecified atom stereocenters. The van der Waals surface area contributed by atoms with Crippen LogP contribution in [0.5, 0.6) is 0 Å². The second-order valence-electron chi connectivity index (χ2n) is 13.8. The third kappa shape index (κ3) is 4.63. The highest BCUT2D eigenvalue weighted by molar-refractivity contribution is 5.69. The first-order valence-electron chi connectivity index (χ1n) is 14.0. The number of hydrogen-bond donors (Lipinski definition) is 0. The summed E-state index contributed by atoms with van der Waals surface area (Å²) in [5.74, 6) is 3.84. The molecule has 0 radical (unpaired) electrons. The molecule has 0 spiro atoms. The molecular formula is C30H50O4. The summed E-state index contributed by atoms with van der Waals surface area (Å²) in [4.78, 5) is 24.3. The fourth-order valence-corrected chi connectivity index (χ4v) is 8.65. The number of ether oxygens (including phenoxy) is 1. The van der Waals surface area contributed by atoms with Crippen LogP contribution in [-0.4, -0.2) is 24.8 Å². The van der Waals surface area contributed by atoms with E-state index in [-0.39, 0.29) is 23.1 Å². The quantitative estimate of drug-likeness (QED) is 0.173. The van der Waals surface area contributed by atoms with Crippen molar-refractivity contribution in [2.45, 2.75) is 118 Å². The van der Waals surface area contributed by atoms with Gasteiger partial charge >= 0.3 is 5.97 Å². The summed E-state index contributed by atoms with van der Waals surface area (Å²) in [5, 5.41) is 0. The van der Waals surface area contributed by atoms with E-state index in [1.165, 1.54) is 52.1 Å². The maximum absolute atomic E-state index is 11.9. The Kier molecular flexibility index (Phi) is 7.35. The van der Waals surface area contributed by atoms with Gasteiger partial charge in [0.25, 0.3) is 0 Å². The Hall–Kier alpha value is -0.870. The summed E-state index contributed by atoms with van der Waals surface area (Å²) in [6, 6.07) is 0. The maximum atomic E-state index is 11.9. The van der Waals surface area contributed by atoms with E-state index in [4.69, 9.17) is 14.5 Å². The molecule has 3 saturated carbocycles. The molecule has 4 nitrogen and oxygen atoms in total. The Morgan fingerprint density at radius 1 is 1.15 bits per heavy atom. The van der Waals surface area contributed by atoms with Gasteiger partial charge in [0.2, 0.25) is 0 Å². The number of fused-ring (bicyclic) bond motifs is 5. The second-order valence-corrected chi connectivity index (χ2v) is 13.8. The van der Waals surface area contributed by atoms with Gasteiger partial charge in [0, 0.05) is 11.8 Å². The van der Waals surface area contributed by atoms with E-state index in [9.17, 15) is 4.79 Å². The molecule has 4 aliphatic rings.